The zero-order valence-corrected chi connectivity index (χ0v) is 19.5. The molecule has 0 aliphatic carbocycles. The Hall–Kier alpha value is -3.16. The highest BCUT2D eigenvalue weighted by Gasteiger charge is 2.12. The van der Waals surface area contributed by atoms with E-state index in [9.17, 15) is 0 Å². The largest absolute Gasteiger partial charge is 0.365 e. The third kappa shape index (κ3) is 4.40. The van der Waals surface area contributed by atoms with Crippen LogP contribution in [-0.4, -0.2) is 28.0 Å². The smallest absolute Gasteiger partial charge is 0.229 e. The number of H-pyrrole nitrogens is 1. The van der Waals surface area contributed by atoms with Crippen LogP contribution in [0, 0.1) is 6.92 Å². The van der Waals surface area contributed by atoms with E-state index in [4.69, 9.17) is 0 Å². The molecule has 5 rings (SSSR count). The first kappa shape index (κ1) is 20.7. The molecule has 0 unspecified atom stereocenters. The van der Waals surface area contributed by atoms with Crippen LogP contribution >= 0.6 is 15.9 Å². The van der Waals surface area contributed by atoms with Crippen LogP contribution in [0.3, 0.4) is 0 Å². The van der Waals surface area contributed by atoms with E-state index in [1.165, 1.54) is 27.6 Å². The molecule has 162 valence electrons. The topological polar surface area (TPSA) is 77.7 Å². The number of benzene rings is 2. The molecule has 3 heterocycles. The minimum Gasteiger partial charge on any atom is -0.365 e. The predicted molar refractivity (Wildman–Crippen MR) is 135 cm³/mol. The highest BCUT2D eigenvalue weighted by Crippen LogP contribution is 2.31. The third-order valence-corrected chi connectivity index (χ3v) is 6.38. The lowest BCUT2D eigenvalue weighted by molar-refractivity contribution is 0.739. The van der Waals surface area contributed by atoms with Gasteiger partial charge in [-0.15, -0.1) is 0 Å². The van der Waals surface area contributed by atoms with Crippen LogP contribution in [0.5, 0.6) is 0 Å². The quantitative estimate of drug-likeness (QED) is 0.277. The van der Waals surface area contributed by atoms with Crippen molar-refractivity contribution in [3.05, 3.63) is 82.1 Å². The SMILES string of the molecule is Cc1ccccc1CNc1nc(Nc2ccc3[nH]cc(C4=CCNCC4)c3c2)ncc1Br. The normalized spacial score (nSPS) is 13.8. The van der Waals surface area contributed by atoms with Crippen molar-refractivity contribution in [3.63, 3.8) is 0 Å². The van der Waals surface area contributed by atoms with Crippen molar-refractivity contribution in [2.45, 2.75) is 19.9 Å². The van der Waals surface area contributed by atoms with Gasteiger partial charge >= 0.3 is 0 Å². The van der Waals surface area contributed by atoms with Crippen molar-refractivity contribution in [3.8, 4) is 0 Å². The number of hydrogen-bond acceptors (Lipinski definition) is 5. The van der Waals surface area contributed by atoms with Gasteiger partial charge in [-0.1, -0.05) is 30.3 Å². The van der Waals surface area contributed by atoms with Crippen LogP contribution < -0.4 is 16.0 Å². The zero-order valence-electron chi connectivity index (χ0n) is 17.9. The molecule has 0 amide bonds. The maximum Gasteiger partial charge on any atom is 0.229 e. The van der Waals surface area contributed by atoms with Crippen LogP contribution in [0.25, 0.3) is 16.5 Å². The second kappa shape index (κ2) is 9.14. The summed E-state index contributed by atoms with van der Waals surface area (Å²) in [6.07, 6.45) is 7.19. The molecule has 32 heavy (non-hydrogen) atoms. The van der Waals surface area contributed by atoms with Gasteiger partial charge in [0.2, 0.25) is 5.95 Å². The van der Waals surface area contributed by atoms with Gasteiger partial charge < -0.3 is 20.9 Å². The van der Waals surface area contributed by atoms with Crippen molar-refractivity contribution in [1.29, 1.82) is 0 Å². The van der Waals surface area contributed by atoms with Crippen molar-refractivity contribution in [2.75, 3.05) is 23.7 Å². The fourth-order valence-electron chi connectivity index (χ4n) is 4.00. The summed E-state index contributed by atoms with van der Waals surface area (Å²) in [5.74, 6) is 1.31. The van der Waals surface area contributed by atoms with Crippen LogP contribution in [0.1, 0.15) is 23.1 Å². The fraction of sp³-hybridized carbons (Fsp3) is 0.200. The van der Waals surface area contributed by atoms with E-state index in [1.54, 1.807) is 6.20 Å². The van der Waals surface area contributed by atoms with Crippen molar-refractivity contribution >= 4 is 49.9 Å². The molecule has 2 aromatic heterocycles. The number of nitrogens with one attached hydrogen (secondary N) is 4. The van der Waals surface area contributed by atoms with Crippen LogP contribution in [0.15, 0.2) is 65.4 Å². The maximum absolute atomic E-state index is 4.68. The lowest BCUT2D eigenvalue weighted by Gasteiger charge is -2.14. The Morgan fingerprint density at radius 1 is 1.16 bits per heavy atom. The number of halogens is 1. The lowest BCUT2D eigenvalue weighted by atomic mass is 9.99. The van der Waals surface area contributed by atoms with Gasteiger partial charge in [-0.2, -0.15) is 4.98 Å². The molecule has 1 aliphatic heterocycles. The summed E-state index contributed by atoms with van der Waals surface area (Å²) in [6.45, 7) is 4.75. The summed E-state index contributed by atoms with van der Waals surface area (Å²) in [5, 5.41) is 11.4. The molecule has 0 atom stereocenters. The minimum absolute atomic E-state index is 0.554. The molecule has 2 aromatic carbocycles. The van der Waals surface area contributed by atoms with Crippen LogP contribution in [-0.2, 0) is 6.54 Å². The standard InChI is InChI=1S/C25H25BrN6/c1-16-4-2-3-5-18(16)13-29-24-22(26)15-30-25(32-24)31-19-6-7-23-20(12-19)21(14-28-23)17-8-10-27-11-9-17/h2-8,12,14-15,27-28H,9-11,13H2,1H3,(H2,29,30,31,32). The summed E-state index contributed by atoms with van der Waals surface area (Å²) in [6, 6.07) is 14.6. The number of aromatic nitrogens is 3. The lowest BCUT2D eigenvalue weighted by Crippen LogP contribution is -2.19. The van der Waals surface area contributed by atoms with Gasteiger partial charge in [0.25, 0.3) is 0 Å². The Bertz CT molecular complexity index is 1290. The first-order valence-corrected chi connectivity index (χ1v) is 11.6. The highest BCUT2D eigenvalue weighted by atomic mass is 79.9. The highest BCUT2D eigenvalue weighted by molar-refractivity contribution is 9.10. The molecule has 7 heteroatoms. The number of aryl methyl sites for hydroxylation is 1. The average molecular weight is 489 g/mol. The molecule has 0 spiro atoms. The molecule has 1 aliphatic rings. The van der Waals surface area contributed by atoms with Gasteiger partial charge in [-0.3, -0.25) is 0 Å². The fourth-order valence-corrected chi connectivity index (χ4v) is 4.33. The van der Waals surface area contributed by atoms with E-state index in [0.717, 1.165) is 41.0 Å². The van der Waals surface area contributed by atoms with Gasteiger partial charge in [-0.05, 0) is 70.7 Å². The van der Waals surface area contributed by atoms with Gasteiger partial charge in [0.1, 0.15) is 5.82 Å². The zero-order chi connectivity index (χ0) is 21.9. The number of hydrogen-bond donors (Lipinski definition) is 4. The molecule has 6 nitrogen and oxygen atoms in total. The molecule has 0 bridgehead atoms. The summed E-state index contributed by atoms with van der Waals surface area (Å²) in [7, 11) is 0. The van der Waals surface area contributed by atoms with E-state index < -0.39 is 0 Å². The van der Waals surface area contributed by atoms with E-state index >= 15 is 0 Å². The summed E-state index contributed by atoms with van der Waals surface area (Å²) in [5.41, 5.74) is 7.23. The number of nitrogens with zero attached hydrogens (tertiary/aromatic N) is 2. The molecule has 4 N–H and O–H groups in total. The van der Waals surface area contributed by atoms with E-state index in [0.29, 0.717) is 12.5 Å². The second-order valence-corrected chi connectivity index (χ2v) is 8.80. The summed E-state index contributed by atoms with van der Waals surface area (Å²) < 4.78 is 0.831. The summed E-state index contributed by atoms with van der Waals surface area (Å²) >= 11 is 3.56. The predicted octanol–water partition coefficient (Wildman–Crippen LogP) is 5.76. The Morgan fingerprint density at radius 2 is 2.06 bits per heavy atom. The molecule has 0 saturated heterocycles. The van der Waals surface area contributed by atoms with Gasteiger partial charge in [0.15, 0.2) is 0 Å². The van der Waals surface area contributed by atoms with Crippen LogP contribution in [0.4, 0.5) is 17.5 Å². The molecular weight excluding hydrogens is 464 g/mol. The van der Waals surface area contributed by atoms with Crippen molar-refractivity contribution in [2.24, 2.45) is 0 Å². The van der Waals surface area contributed by atoms with Crippen LogP contribution in [0.2, 0.25) is 0 Å². The van der Waals surface area contributed by atoms with Crippen molar-refractivity contribution in [1.82, 2.24) is 20.3 Å². The molecule has 0 fully saturated rings. The number of rotatable bonds is 6. The average Bonchev–Trinajstić information content (AvgIpc) is 3.24. The Labute approximate surface area is 195 Å². The second-order valence-electron chi connectivity index (χ2n) is 7.94. The van der Waals surface area contributed by atoms with Gasteiger partial charge in [0.05, 0.1) is 4.47 Å². The Balaban J connectivity index is 1.37. The van der Waals surface area contributed by atoms with E-state index in [1.807, 2.05) is 6.07 Å². The maximum atomic E-state index is 4.68. The number of aromatic amines is 1. The van der Waals surface area contributed by atoms with Gasteiger partial charge in [-0.25, -0.2) is 4.98 Å². The molecular formula is C25H25BrN6. The van der Waals surface area contributed by atoms with Gasteiger partial charge in [0, 0.05) is 47.6 Å². The molecule has 0 radical (unpaired) electrons. The van der Waals surface area contributed by atoms with Crippen molar-refractivity contribution < 1.29 is 0 Å². The monoisotopic (exact) mass is 488 g/mol. The number of anilines is 3. The first-order valence-electron chi connectivity index (χ1n) is 10.8. The first-order chi connectivity index (χ1) is 15.7. The Morgan fingerprint density at radius 3 is 2.91 bits per heavy atom. The van der Waals surface area contributed by atoms with E-state index in [-0.39, 0.29) is 0 Å². The number of fused-ring (bicyclic) bond motifs is 1. The molecule has 4 aromatic rings. The molecule has 0 saturated carbocycles. The minimum atomic E-state index is 0.554. The van der Waals surface area contributed by atoms with E-state index in [2.05, 4.69) is 102 Å². The third-order valence-electron chi connectivity index (χ3n) is 5.80. The summed E-state index contributed by atoms with van der Waals surface area (Å²) in [4.78, 5) is 12.5. The Kier molecular flexibility index (Phi) is 5.92.